The van der Waals surface area contributed by atoms with Crippen LogP contribution in [0.4, 0.5) is 0 Å². The Morgan fingerprint density at radius 3 is 2.62 bits per heavy atom. The van der Waals surface area contributed by atoms with Crippen molar-refractivity contribution in [1.82, 2.24) is 19.6 Å². The molecular weight excluding hydrogens is 364 g/mol. The lowest BCUT2D eigenvalue weighted by Gasteiger charge is -2.18. The predicted octanol–water partition coefficient (Wildman–Crippen LogP) is 3.07. The highest BCUT2D eigenvalue weighted by atomic mass is 16.2. The summed E-state index contributed by atoms with van der Waals surface area (Å²) in [5.74, 6) is -0.221. The van der Waals surface area contributed by atoms with Crippen LogP contribution < -0.4 is 10.9 Å². The van der Waals surface area contributed by atoms with Crippen LogP contribution in [0, 0.1) is 0 Å². The standard InChI is InChI=1S/C23H24N4O2/c1-3-26(4-2)15-13-24-22(28)19-10-7-14-27-21(19)25-20-17-9-6-5-8-16(17)11-12-18(20)23(27)29/h5-12,14H,3-4,13,15H2,1-2H3,(H,24,28). The normalized spacial score (nSPS) is 11.6. The summed E-state index contributed by atoms with van der Waals surface area (Å²) in [5, 5.41) is 5.42. The average molecular weight is 388 g/mol. The number of nitrogens with one attached hydrogen (secondary N) is 1. The number of hydrogen-bond acceptors (Lipinski definition) is 4. The minimum absolute atomic E-state index is 0.173. The summed E-state index contributed by atoms with van der Waals surface area (Å²) in [6.07, 6.45) is 1.66. The molecule has 0 atom stereocenters. The van der Waals surface area contributed by atoms with Crippen molar-refractivity contribution in [1.29, 1.82) is 0 Å². The molecule has 4 aromatic rings. The maximum absolute atomic E-state index is 13.1. The van der Waals surface area contributed by atoms with E-state index in [0.29, 0.717) is 28.7 Å². The highest BCUT2D eigenvalue weighted by Crippen LogP contribution is 2.22. The molecule has 1 amide bonds. The molecule has 0 aliphatic heterocycles. The number of aromatic nitrogens is 2. The monoisotopic (exact) mass is 388 g/mol. The van der Waals surface area contributed by atoms with E-state index in [1.165, 1.54) is 4.40 Å². The zero-order valence-corrected chi connectivity index (χ0v) is 16.7. The molecule has 0 saturated heterocycles. The Balaban J connectivity index is 1.80. The topological polar surface area (TPSA) is 66.7 Å². The number of fused-ring (bicyclic) bond motifs is 4. The molecule has 2 heterocycles. The molecule has 1 N–H and O–H groups in total. The van der Waals surface area contributed by atoms with E-state index in [9.17, 15) is 9.59 Å². The lowest BCUT2D eigenvalue weighted by molar-refractivity contribution is 0.0950. The third kappa shape index (κ3) is 3.47. The second-order valence-electron chi connectivity index (χ2n) is 7.00. The highest BCUT2D eigenvalue weighted by molar-refractivity contribution is 6.07. The van der Waals surface area contributed by atoms with Crippen LogP contribution in [-0.4, -0.2) is 46.4 Å². The summed E-state index contributed by atoms with van der Waals surface area (Å²) in [6.45, 7) is 7.41. The van der Waals surface area contributed by atoms with E-state index in [-0.39, 0.29) is 11.5 Å². The molecule has 0 aliphatic rings. The fourth-order valence-corrected chi connectivity index (χ4v) is 3.70. The lowest BCUT2D eigenvalue weighted by Crippen LogP contribution is -2.35. The fraction of sp³-hybridized carbons (Fsp3) is 0.261. The highest BCUT2D eigenvalue weighted by Gasteiger charge is 2.15. The third-order valence-electron chi connectivity index (χ3n) is 5.39. The van der Waals surface area contributed by atoms with Gasteiger partial charge in [-0.1, -0.05) is 44.2 Å². The van der Waals surface area contributed by atoms with Crippen LogP contribution in [0.5, 0.6) is 0 Å². The molecule has 4 rings (SSSR count). The predicted molar refractivity (Wildman–Crippen MR) is 117 cm³/mol. The van der Waals surface area contributed by atoms with Crippen molar-refractivity contribution < 1.29 is 4.79 Å². The number of nitrogens with zero attached hydrogens (tertiary/aromatic N) is 3. The first-order valence-corrected chi connectivity index (χ1v) is 9.97. The summed E-state index contributed by atoms with van der Waals surface area (Å²) in [6, 6.07) is 15.0. The third-order valence-corrected chi connectivity index (χ3v) is 5.39. The number of rotatable bonds is 6. The smallest absolute Gasteiger partial charge is 0.265 e. The second kappa shape index (κ2) is 8.01. The van der Waals surface area contributed by atoms with Crippen LogP contribution in [0.15, 0.2) is 59.5 Å². The van der Waals surface area contributed by atoms with Gasteiger partial charge in [0, 0.05) is 24.7 Å². The second-order valence-corrected chi connectivity index (χ2v) is 7.00. The molecule has 148 valence electrons. The Bertz CT molecular complexity index is 1260. The molecule has 29 heavy (non-hydrogen) atoms. The van der Waals surface area contributed by atoms with Gasteiger partial charge in [-0.05, 0) is 36.7 Å². The number of pyridine rings is 1. The quantitative estimate of drug-likeness (QED) is 0.407. The molecule has 0 unspecified atom stereocenters. The first kappa shape index (κ1) is 19.1. The molecule has 0 fully saturated rings. The largest absolute Gasteiger partial charge is 0.351 e. The fourth-order valence-electron chi connectivity index (χ4n) is 3.70. The van der Waals surface area contributed by atoms with Crippen LogP contribution in [0.1, 0.15) is 24.2 Å². The number of hydrogen-bond donors (Lipinski definition) is 1. The molecule has 0 radical (unpaired) electrons. The van der Waals surface area contributed by atoms with E-state index in [0.717, 1.165) is 30.4 Å². The van der Waals surface area contributed by atoms with Crippen LogP contribution in [0.2, 0.25) is 0 Å². The van der Waals surface area contributed by atoms with Gasteiger partial charge < -0.3 is 10.2 Å². The van der Waals surface area contributed by atoms with Crippen molar-refractivity contribution in [2.75, 3.05) is 26.2 Å². The minimum Gasteiger partial charge on any atom is -0.351 e. The Kier molecular flexibility index (Phi) is 5.27. The lowest BCUT2D eigenvalue weighted by atomic mass is 10.1. The summed E-state index contributed by atoms with van der Waals surface area (Å²) in [7, 11) is 0. The maximum atomic E-state index is 13.1. The summed E-state index contributed by atoms with van der Waals surface area (Å²) in [4.78, 5) is 32.9. The van der Waals surface area contributed by atoms with Gasteiger partial charge in [0.25, 0.3) is 11.5 Å². The summed E-state index contributed by atoms with van der Waals surface area (Å²) < 4.78 is 1.45. The van der Waals surface area contributed by atoms with E-state index in [4.69, 9.17) is 4.98 Å². The van der Waals surface area contributed by atoms with Crippen LogP contribution in [0.25, 0.3) is 27.3 Å². The molecular formula is C23H24N4O2. The van der Waals surface area contributed by atoms with Gasteiger partial charge in [-0.25, -0.2) is 4.98 Å². The van der Waals surface area contributed by atoms with Gasteiger partial charge in [-0.15, -0.1) is 0 Å². The van der Waals surface area contributed by atoms with Crippen molar-refractivity contribution in [2.24, 2.45) is 0 Å². The van der Waals surface area contributed by atoms with Gasteiger partial charge in [-0.3, -0.25) is 14.0 Å². The molecule has 2 aromatic carbocycles. The first-order chi connectivity index (χ1) is 14.1. The Morgan fingerprint density at radius 2 is 1.83 bits per heavy atom. The Morgan fingerprint density at radius 1 is 1.03 bits per heavy atom. The molecule has 0 aliphatic carbocycles. The van der Waals surface area contributed by atoms with Gasteiger partial charge in [0.2, 0.25) is 0 Å². The number of carbonyl (C=O) groups is 1. The van der Waals surface area contributed by atoms with Crippen LogP contribution in [0.3, 0.4) is 0 Å². The first-order valence-electron chi connectivity index (χ1n) is 9.97. The van der Waals surface area contributed by atoms with E-state index in [1.807, 2.05) is 30.3 Å². The molecule has 2 aromatic heterocycles. The molecule has 0 saturated carbocycles. The van der Waals surface area contributed by atoms with Gasteiger partial charge in [0.15, 0.2) is 5.65 Å². The van der Waals surface area contributed by atoms with Crippen molar-refractivity contribution >= 4 is 33.2 Å². The SMILES string of the molecule is CCN(CC)CCNC(=O)c1cccn2c(=O)c3ccc4ccccc4c3nc12. The number of benzene rings is 2. The zero-order valence-electron chi connectivity index (χ0n) is 16.7. The van der Waals surface area contributed by atoms with Gasteiger partial charge in [0.1, 0.15) is 0 Å². The minimum atomic E-state index is -0.221. The molecule has 6 heteroatoms. The van der Waals surface area contributed by atoms with Crippen molar-refractivity contribution in [3.8, 4) is 0 Å². The van der Waals surface area contributed by atoms with E-state index in [2.05, 4.69) is 24.1 Å². The Hall–Kier alpha value is -3.25. The van der Waals surface area contributed by atoms with Gasteiger partial charge in [0.05, 0.1) is 16.5 Å². The number of likely N-dealkylation sites (N-methyl/N-ethyl adjacent to an activating group) is 1. The summed E-state index contributed by atoms with van der Waals surface area (Å²) >= 11 is 0. The molecule has 0 bridgehead atoms. The van der Waals surface area contributed by atoms with Crippen LogP contribution >= 0.6 is 0 Å². The van der Waals surface area contributed by atoms with Crippen molar-refractivity contribution in [3.05, 3.63) is 70.6 Å². The van der Waals surface area contributed by atoms with E-state index >= 15 is 0 Å². The zero-order chi connectivity index (χ0) is 20.4. The number of carbonyl (C=O) groups excluding carboxylic acids is 1. The summed E-state index contributed by atoms with van der Waals surface area (Å²) in [5.41, 5.74) is 1.23. The molecule has 6 nitrogen and oxygen atoms in total. The van der Waals surface area contributed by atoms with Crippen LogP contribution in [-0.2, 0) is 0 Å². The van der Waals surface area contributed by atoms with E-state index < -0.39 is 0 Å². The van der Waals surface area contributed by atoms with Crippen molar-refractivity contribution in [3.63, 3.8) is 0 Å². The van der Waals surface area contributed by atoms with Gasteiger partial charge >= 0.3 is 0 Å². The molecule has 0 spiro atoms. The van der Waals surface area contributed by atoms with Crippen molar-refractivity contribution in [2.45, 2.75) is 13.8 Å². The van der Waals surface area contributed by atoms with Gasteiger partial charge in [-0.2, -0.15) is 0 Å². The van der Waals surface area contributed by atoms with E-state index in [1.54, 1.807) is 24.4 Å². The Labute approximate surface area is 168 Å². The maximum Gasteiger partial charge on any atom is 0.265 e. The average Bonchev–Trinajstić information content (AvgIpc) is 2.76. The number of amides is 1.